The van der Waals surface area contributed by atoms with E-state index in [0.29, 0.717) is 5.89 Å². The summed E-state index contributed by atoms with van der Waals surface area (Å²) in [5.41, 5.74) is 3.85. The van der Waals surface area contributed by atoms with Gasteiger partial charge in [-0.2, -0.15) is 0 Å². The van der Waals surface area contributed by atoms with Crippen LogP contribution in [0.15, 0.2) is 22.6 Å². The molecule has 0 radical (unpaired) electrons. The Bertz CT molecular complexity index is 760. The standard InChI is InChI=1S/C15H17N3OS/c1-8(15-9(2)20-11(4)18-15)16-12-5-6-14-13(7-12)17-10(3)19-14/h5-8,16H,1-4H3. The molecule has 2 aromatic heterocycles. The summed E-state index contributed by atoms with van der Waals surface area (Å²) in [6, 6.07) is 6.14. The maximum atomic E-state index is 5.49. The molecule has 0 saturated carbocycles. The van der Waals surface area contributed by atoms with Crippen LogP contribution in [0.25, 0.3) is 11.1 Å². The first-order valence-electron chi connectivity index (χ1n) is 6.60. The molecule has 0 fully saturated rings. The van der Waals surface area contributed by atoms with Crippen molar-refractivity contribution >= 4 is 28.1 Å². The van der Waals surface area contributed by atoms with Crippen LogP contribution in [0, 0.1) is 20.8 Å². The maximum Gasteiger partial charge on any atom is 0.192 e. The van der Waals surface area contributed by atoms with Crippen LogP contribution in [0.3, 0.4) is 0 Å². The maximum absolute atomic E-state index is 5.49. The number of hydrogen-bond donors (Lipinski definition) is 1. The van der Waals surface area contributed by atoms with Gasteiger partial charge in [-0.25, -0.2) is 9.97 Å². The van der Waals surface area contributed by atoms with Gasteiger partial charge in [0.2, 0.25) is 0 Å². The smallest absolute Gasteiger partial charge is 0.192 e. The molecule has 0 aliphatic heterocycles. The topological polar surface area (TPSA) is 51.0 Å². The van der Waals surface area contributed by atoms with Gasteiger partial charge in [0.25, 0.3) is 0 Å². The van der Waals surface area contributed by atoms with Gasteiger partial charge in [-0.15, -0.1) is 11.3 Å². The summed E-state index contributed by atoms with van der Waals surface area (Å²) in [5, 5.41) is 4.58. The minimum atomic E-state index is 0.172. The van der Waals surface area contributed by atoms with Crippen molar-refractivity contribution in [3.05, 3.63) is 39.7 Å². The van der Waals surface area contributed by atoms with Gasteiger partial charge < -0.3 is 9.73 Å². The molecule has 1 unspecified atom stereocenters. The molecule has 0 saturated heterocycles. The lowest BCUT2D eigenvalue weighted by atomic mass is 10.2. The molecule has 1 atom stereocenters. The van der Waals surface area contributed by atoms with Crippen LogP contribution in [0.5, 0.6) is 0 Å². The Labute approximate surface area is 121 Å². The number of aromatic nitrogens is 2. The third-order valence-electron chi connectivity index (χ3n) is 3.23. The molecule has 0 aliphatic carbocycles. The highest BCUT2D eigenvalue weighted by Gasteiger charge is 2.13. The second kappa shape index (κ2) is 4.90. The molecule has 0 aliphatic rings. The Balaban J connectivity index is 1.86. The molecule has 20 heavy (non-hydrogen) atoms. The van der Waals surface area contributed by atoms with Crippen molar-refractivity contribution < 1.29 is 4.42 Å². The molecule has 5 heteroatoms. The number of rotatable bonds is 3. The summed E-state index contributed by atoms with van der Waals surface area (Å²) in [5.74, 6) is 0.691. The second-order valence-corrected chi connectivity index (χ2v) is 6.36. The quantitative estimate of drug-likeness (QED) is 0.776. The number of nitrogens with one attached hydrogen (secondary N) is 1. The van der Waals surface area contributed by atoms with Crippen LogP contribution in [0.1, 0.15) is 34.4 Å². The first-order chi connectivity index (χ1) is 9.52. The summed E-state index contributed by atoms with van der Waals surface area (Å²) in [7, 11) is 0. The van der Waals surface area contributed by atoms with E-state index in [0.717, 1.165) is 27.5 Å². The van der Waals surface area contributed by atoms with E-state index in [4.69, 9.17) is 4.42 Å². The molecular weight excluding hydrogens is 270 g/mol. The van der Waals surface area contributed by atoms with Crippen molar-refractivity contribution in [3.63, 3.8) is 0 Å². The zero-order valence-electron chi connectivity index (χ0n) is 12.0. The van der Waals surface area contributed by atoms with Crippen molar-refractivity contribution in [2.75, 3.05) is 5.32 Å². The lowest BCUT2D eigenvalue weighted by Gasteiger charge is -2.14. The van der Waals surface area contributed by atoms with Gasteiger partial charge in [-0.05, 0) is 39.0 Å². The van der Waals surface area contributed by atoms with Crippen LogP contribution in [-0.4, -0.2) is 9.97 Å². The van der Waals surface area contributed by atoms with E-state index in [2.05, 4.69) is 29.1 Å². The lowest BCUT2D eigenvalue weighted by molar-refractivity contribution is 0.561. The Hall–Kier alpha value is -1.88. The van der Waals surface area contributed by atoms with Gasteiger partial charge in [0, 0.05) is 17.5 Å². The zero-order valence-corrected chi connectivity index (χ0v) is 12.8. The first kappa shape index (κ1) is 13.1. The Morgan fingerprint density at radius 2 is 2.00 bits per heavy atom. The minimum Gasteiger partial charge on any atom is -0.441 e. The number of nitrogens with zero attached hydrogens (tertiary/aromatic N) is 2. The third-order valence-corrected chi connectivity index (χ3v) is 4.13. The number of hydrogen-bond acceptors (Lipinski definition) is 5. The van der Waals surface area contributed by atoms with Gasteiger partial charge in [0.05, 0.1) is 16.7 Å². The molecule has 104 valence electrons. The Morgan fingerprint density at radius 3 is 2.70 bits per heavy atom. The molecule has 3 rings (SSSR count). The van der Waals surface area contributed by atoms with Crippen molar-refractivity contribution in [1.82, 2.24) is 9.97 Å². The monoisotopic (exact) mass is 287 g/mol. The van der Waals surface area contributed by atoms with E-state index in [-0.39, 0.29) is 6.04 Å². The molecule has 0 amide bonds. The highest BCUT2D eigenvalue weighted by molar-refractivity contribution is 7.11. The van der Waals surface area contributed by atoms with Crippen LogP contribution in [0.2, 0.25) is 0 Å². The number of thiazole rings is 1. The SMILES string of the molecule is Cc1nc2cc(NC(C)c3nc(C)sc3C)ccc2o1. The van der Waals surface area contributed by atoms with Crippen LogP contribution in [-0.2, 0) is 0 Å². The van der Waals surface area contributed by atoms with Crippen molar-refractivity contribution in [1.29, 1.82) is 0 Å². The fourth-order valence-electron chi connectivity index (χ4n) is 2.40. The molecule has 3 aromatic rings. The van der Waals surface area contributed by atoms with Gasteiger partial charge in [0.1, 0.15) is 5.52 Å². The van der Waals surface area contributed by atoms with E-state index in [1.165, 1.54) is 4.88 Å². The predicted molar refractivity (Wildman–Crippen MR) is 82.4 cm³/mol. The molecule has 1 N–H and O–H groups in total. The molecule has 0 spiro atoms. The van der Waals surface area contributed by atoms with E-state index in [1.54, 1.807) is 11.3 Å². The second-order valence-electron chi connectivity index (χ2n) is 4.96. The largest absolute Gasteiger partial charge is 0.441 e. The molecule has 4 nitrogen and oxygen atoms in total. The first-order valence-corrected chi connectivity index (χ1v) is 7.42. The normalized spacial score (nSPS) is 12.8. The molecule has 1 aromatic carbocycles. The molecule has 0 bridgehead atoms. The lowest BCUT2D eigenvalue weighted by Crippen LogP contribution is -2.08. The third kappa shape index (κ3) is 2.41. The number of anilines is 1. The predicted octanol–water partition coefficient (Wildman–Crippen LogP) is 4.38. The summed E-state index contributed by atoms with van der Waals surface area (Å²) >= 11 is 1.74. The summed E-state index contributed by atoms with van der Waals surface area (Å²) in [4.78, 5) is 10.2. The highest BCUT2D eigenvalue weighted by Crippen LogP contribution is 2.27. The van der Waals surface area contributed by atoms with Crippen LogP contribution < -0.4 is 5.32 Å². The van der Waals surface area contributed by atoms with Gasteiger partial charge >= 0.3 is 0 Å². The number of fused-ring (bicyclic) bond motifs is 1. The fourth-order valence-corrected chi connectivity index (χ4v) is 3.31. The minimum absolute atomic E-state index is 0.172. The molecule has 2 heterocycles. The molecular formula is C15H17N3OS. The van der Waals surface area contributed by atoms with E-state index in [1.807, 2.05) is 32.0 Å². The summed E-state index contributed by atoms with van der Waals surface area (Å²) < 4.78 is 5.49. The van der Waals surface area contributed by atoms with Gasteiger partial charge in [-0.3, -0.25) is 0 Å². The Morgan fingerprint density at radius 1 is 1.20 bits per heavy atom. The number of aryl methyl sites for hydroxylation is 3. The van der Waals surface area contributed by atoms with Gasteiger partial charge in [-0.1, -0.05) is 0 Å². The average molecular weight is 287 g/mol. The fraction of sp³-hybridized carbons (Fsp3) is 0.333. The number of oxazole rings is 1. The zero-order chi connectivity index (χ0) is 14.3. The van der Waals surface area contributed by atoms with E-state index < -0.39 is 0 Å². The van der Waals surface area contributed by atoms with E-state index in [9.17, 15) is 0 Å². The van der Waals surface area contributed by atoms with Crippen LogP contribution >= 0.6 is 11.3 Å². The Kier molecular flexibility index (Phi) is 3.22. The summed E-state index contributed by atoms with van der Waals surface area (Å²) in [6.07, 6.45) is 0. The van der Waals surface area contributed by atoms with Crippen LogP contribution in [0.4, 0.5) is 5.69 Å². The summed E-state index contributed by atoms with van der Waals surface area (Å²) in [6.45, 7) is 8.14. The number of benzene rings is 1. The van der Waals surface area contributed by atoms with Crippen molar-refractivity contribution in [3.8, 4) is 0 Å². The highest BCUT2D eigenvalue weighted by atomic mass is 32.1. The van der Waals surface area contributed by atoms with Crippen molar-refractivity contribution in [2.45, 2.75) is 33.7 Å². The van der Waals surface area contributed by atoms with Gasteiger partial charge in [0.15, 0.2) is 11.5 Å². The van der Waals surface area contributed by atoms with E-state index >= 15 is 0 Å². The average Bonchev–Trinajstić information content (AvgIpc) is 2.90. The van der Waals surface area contributed by atoms with Crippen molar-refractivity contribution in [2.24, 2.45) is 0 Å².